The zero-order valence-electron chi connectivity index (χ0n) is 17.6. The Balaban J connectivity index is 1.54. The molecule has 2 atom stereocenters. The van der Waals surface area contributed by atoms with E-state index in [0.717, 1.165) is 41.1 Å². The van der Waals surface area contributed by atoms with Crippen LogP contribution in [0.2, 0.25) is 0 Å². The normalized spacial score (nSPS) is 22.8. The van der Waals surface area contributed by atoms with Crippen LogP contribution in [0, 0.1) is 17.0 Å². The first kappa shape index (κ1) is 19.2. The molecule has 6 rings (SSSR count). The second-order valence-electron chi connectivity index (χ2n) is 9.12. The van der Waals surface area contributed by atoms with E-state index in [1.807, 2.05) is 6.07 Å². The summed E-state index contributed by atoms with van der Waals surface area (Å²) in [6.45, 7) is 4.42. The van der Waals surface area contributed by atoms with Gasteiger partial charge in [-0.25, -0.2) is 13.8 Å². The van der Waals surface area contributed by atoms with Crippen molar-refractivity contribution in [1.82, 2.24) is 30.4 Å². The summed E-state index contributed by atoms with van der Waals surface area (Å²) in [4.78, 5) is 9.43. The number of aromatic nitrogens is 6. The number of H-pyrrole nitrogens is 1. The Hall–Kier alpha value is -3.55. The number of aromatic amines is 1. The van der Waals surface area contributed by atoms with Gasteiger partial charge in [-0.3, -0.25) is 10.1 Å². The summed E-state index contributed by atoms with van der Waals surface area (Å²) in [5.41, 5.74) is 3.65. The van der Waals surface area contributed by atoms with E-state index in [1.165, 1.54) is 18.2 Å². The molecule has 3 aromatic heterocycles. The van der Waals surface area contributed by atoms with Crippen molar-refractivity contribution in [3.63, 3.8) is 0 Å². The molecule has 0 aliphatic heterocycles. The summed E-state index contributed by atoms with van der Waals surface area (Å²) < 4.78 is 28.8. The van der Waals surface area contributed by atoms with Crippen molar-refractivity contribution in [2.75, 3.05) is 0 Å². The molecular weight excluding hydrogens is 410 g/mol. The van der Waals surface area contributed by atoms with Crippen molar-refractivity contribution in [3.8, 4) is 22.5 Å². The first-order valence-electron chi connectivity index (χ1n) is 10.6. The molecule has 1 fully saturated rings. The number of hydrogen-bond acceptors (Lipinski definition) is 5. The highest BCUT2D eigenvalue weighted by molar-refractivity contribution is 5.64. The lowest BCUT2D eigenvalue weighted by Gasteiger charge is -2.37. The highest BCUT2D eigenvalue weighted by Crippen LogP contribution is 2.69. The predicted octanol–water partition coefficient (Wildman–Crippen LogP) is 4.81. The minimum atomic E-state index is -0.643. The molecule has 0 amide bonds. The van der Waals surface area contributed by atoms with Gasteiger partial charge in [-0.05, 0) is 47.9 Å². The zero-order valence-corrected chi connectivity index (χ0v) is 17.6. The lowest BCUT2D eigenvalue weighted by molar-refractivity contribution is 0.242. The van der Waals surface area contributed by atoms with Gasteiger partial charge in [-0.15, -0.1) is 5.10 Å². The monoisotopic (exact) mass is 430 g/mol. The Morgan fingerprint density at radius 1 is 1.03 bits per heavy atom. The van der Waals surface area contributed by atoms with Crippen molar-refractivity contribution < 1.29 is 8.78 Å². The molecule has 1 N–H and O–H groups in total. The Labute approximate surface area is 183 Å². The van der Waals surface area contributed by atoms with Crippen LogP contribution in [-0.4, -0.2) is 30.4 Å². The Bertz CT molecular complexity index is 1330. The third-order valence-corrected chi connectivity index (χ3v) is 7.47. The molecule has 2 aliphatic carbocycles. The van der Waals surface area contributed by atoms with Crippen LogP contribution in [0.15, 0.2) is 49.1 Å². The Morgan fingerprint density at radius 2 is 1.84 bits per heavy atom. The van der Waals surface area contributed by atoms with Crippen LogP contribution >= 0.6 is 0 Å². The fourth-order valence-electron chi connectivity index (χ4n) is 5.86. The largest absolute Gasteiger partial charge is 0.285 e. The average Bonchev–Trinajstić information content (AvgIpc) is 3.45. The molecule has 4 aromatic rings. The fraction of sp³-hybridized carbons (Fsp3) is 0.292. The SMILES string of the molecule is CC1(C)[C@H]2CC[C@@]1(c1cncc(-c3cn[nH]c3)n1)c1nnc(-c3c(F)cccc3F)cc12. The van der Waals surface area contributed by atoms with E-state index in [0.29, 0.717) is 0 Å². The van der Waals surface area contributed by atoms with Crippen LogP contribution < -0.4 is 0 Å². The quantitative estimate of drug-likeness (QED) is 0.505. The van der Waals surface area contributed by atoms with Crippen molar-refractivity contribution in [1.29, 1.82) is 0 Å². The number of hydrogen-bond donors (Lipinski definition) is 1. The summed E-state index contributed by atoms with van der Waals surface area (Å²) in [5, 5.41) is 15.7. The molecular formula is C24H20F2N6. The number of rotatable bonds is 3. The number of benzene rings is 1. The highest BCUT2D eigenvalue weighted by Gasteiger charge is 2.65. The van der Waals surface area contributed by atoms with Gasteiger partial charge in [-0.1, -0.05) is 19.9 Å². The van der Waals surface area contributed by atoms with E-state index in [1.54, 1.807) is 24.8 Å². The highest BCUT2D eigenvalue weighted by atomic mass is 19.1. The van der Waals surface area contributed by atoms with Crippen LogP contribution in [0.1, 0.15) is 49.6 Å². The van der Waals surface area contributed by atoms with Crippen LogP contribution in [0.25, 0.3) is 22.5 Å². The summed E-state index contributed by atoms with van der Waals surface area (Å²) in [6, 6.07) is 5.63. The van der Waals surface area contributed by atoms with Gasteiger partial charge in [0.2, 0.25) is 0 Å². The number of nitrogens with zero attached hydrogens (tertiary/aromatic N) is 5. The zero-order chi connectivity index (χ0) is 22.1. The van der Waals surface area contributed by atoms with Crippen LogP contribution in [0.3, 0.4) is 0 Å². The van der Waals surface area contributed by atoms with Gasteiger partial charge in [0.25, 0.3) is 0 Å². The van der Waals surface area contributed by atoms with Gasteiger partial charge < -0.3 is 0 Å². The van der Waals surface area contributed by atoms with Gasteiger partial charge in [0.1, 0.15) is 11.6 Å². The molecule has 32 heavy (non-hydrogen) atoms. The van der Waals surface area contributed by atoms with E-state index in [2.05, 4.69) is 39.2 Å². The van der Waals surface area contributed by atoms with Crippen LogP contribution in [0.4, 0.5) is 8.78 Å². The van der Waals surface area contributed by atoms with Crippen molar-refractivity contribution in [2.24, 2.45) is 5.41 Å². The molecule has 8 heteroatoms. The first-order valence-corrected chi connectivity index (χ1v) is 10.6. The first-order chi connectivity index (χ1) is 15.4. The van der Waals surface area contributed by atoms with Crippen molar-refractivity contribution in [3.05, 3.63) is 77.6 Å². The standard InChI is InChI=1S/C24H20F2N6/c1-23(2)15-6-7-24(23,20-12-27-11-19(30-20)13-9-28-29-10-13)22-14(15)8-18(31-32-22)21-16(25)4-3-5-17(21)26/h3-5,8-12,15H,6-7H2,1-2H3,(H,28,29)/t15-,24+/m0/s1. The molecule has 6 nitrogen and oxygen atoms in total. The van der Waals surface area contributed by atoms with Gasteiger partial charge >= 0.3 is 0 Å². The third-order valence-electron chi connectivity index (χ3n) is 7.47. The van der Waals surface area contributed by atoms with Crippen LogP contribution in [0.5, 0.6) is 0 Å². The van der Waals surface area contributed by atoms with E-state index in [-0.39, 0.29) is 22.6 Å². The molecule has 2 bridgehead atoms. The maximum atomic E-state index is 14.4. The minimum Gasteiger partial charge on any atom is -0.285 e. The number of fused-ring (bicyclic) bond motifs is 5. The topological polar surface area (TPSA) is 80.2 Å². The molecule has 1 aromatic carbocycles. The van der Waals surface area contributed by atoms with E-state index >= 15 is 0 Å². The lowest BCUT2D eigenvalue weighted by atomic mass is 9.66. The van der Waals surface area contributed by atoms with Gasteiger partial charge in [0.15, 0.2) is 0 Å². The Morgan fingerprint density at radius 3 is 2.59 bits per heavy atom. The summed E-state index contributed by atoms with van der Waals surface area (Å²) in [7, 11) is 0. The summed E-state index contributed by atoms with van der Waals surface area (Å²) in [5.74, 6) is -1.11. The van der Waals surface area contributed by atoms with Gasteiger partial charge in [-0.2, -0.15) is 10.2 Å². The summed E-state index contributed by atoms with van der Waals surface area (Å²) >= 11 is 0. The molecule has 0 radical (unpaired) electrons. The molecule has 0 unspecified atom stereocenters. The fourth-order valence-corrected chi connectivity index (χ4v) is 5.86. The molecule has 3 heterocycles. The second-order valence-corrected chi connectivity index (χ2v) is 9.12. The Kier molecular flexibility index (Phi) is 3.88. The van der Waals surface area contributed by atoms with E-state index in [4.69, 9.17) is 4.98 Å². The predicted molar refractivity (Wildman–Crippen MR) is 114 cm³/mol. The van der Waals surface area contributed by atoms with Gasteiger partial charge in [0.05, 0.1) is 46.1 Å². The van der Waals surface area contributed by atoms with Crippen LogP contribution in [-0.2, 0) is 5.41 Å². The average molecular weight is 430 g/mol. The maximum Gasteiger partial charge on any atom is 0.135 e. The summed E-state index contributed by atoms with van der Waals surface area (Å²) in [6.07, 6.45) is 8.81. The molecule has 0 spiro atoms. The minimum absolute atomic E-state index is 0.140. The third kappa shape index (κ3) is 2.35. The molecule has 0 saturated heterocycles. The maximum absolute atomic E-state index is 14.4. The van der Waals surface area contributed by atoms with E-state index in [9.17, 15) is 8.78 Å². The van der Waals surface area contributed by atoms with Gasteiger partial charge in [0, 0.05) is 18.0 Å². The number of halogens is 2. The molecule has 160 valence electrons. The van der Waals surface area contributed by atoms with Crippen molar-refractivity contribution >= 4 is 0 Å². The lowest BCUT2D eigenvalue weighted by Crippen LogP contribution is -2.38. The molecule has 1 saturated carbocycles. The second kappa shape index (κ2) is 6.48. The smallest absolute Gasteiger partial charge is 0.135 e. The van der Waals surface area contributed by atoms with E-state index < -0.39 is 17.0 Å². The molecule has 2 aliphatic rings. The van der Waals surface area contributed by atoms with Crippen molar-refractivity contribution in [2.45, 2.75) is 38.0 Å². The number of nitrogens with one attached hydrogen (secondary N) is 1.